The number of methoxy groups -OCH3 is 3. The van der Waals surface area contributed by atoms with Crippen LogP contribution in [0.5, 0.6) is 17.2 Å². The molecule has 2 aromatic rings. The first-order valence-corrected chi connectivity index (χ1v) is 7.50. The molecule has 0 radical (unpaired) electrons. The normalized spacial score (nSPS) is 12.0. The summed E-state index contributed by atoms with van der Waals surface area (Å²) < 4.78 is 16.6. The van der Waals surface area contributed by atoms with E-state index >= 15 is 0 Å². The molecule has 0 saturated carbocycles. The van der Waals surface area contributed by atoms with Crippen LogP contribution in [0.15, 0.2) is 24.3 Å². The quantitative estimate of drug-likeness (QED) is 0.878. The Balaban J connectivity index is 2.30. The van der Waals surface area contributed by atoms with Gasteiger partial charge in [0.05, 0.1) is 31.8 Å². The second-order valence-corrected chi connectivity index (χ2v) is 6.18. The number of halogens is 1. The van der Waals surface area contributed by atoms with Gasteiger partial charge in [0.15, 0.2) is 11.5 Å². The number of hydrogen-bond donors (Lipinski definition) is 1. The number of aliphatic hydroxyl groups is 1. The molecule has 114 valence electrons. The molecule has 1 aromatic heterocycles. The maximum absolute atomic E-state index is 10.4. The first kappa shape index (κ1) is 15.9. The van der Waals surface area contributed by atoms with Gasteiger partial charge in [0.2, 0.25) is 5.75 Å². The predicted octanol–water partition coefficient (Wildman–Crippen LogP) is 3.70. The fourth-order valence-electron chi connectivity index (χ4n) is 2.06. The van der Waals surface area contributed by atoms with Crippen molar-refractivity contribution in [3.63, 3.8) is 0 Å². The lowest BCUT2D eigenvalue weighted by atomic mass is 10.0. The molecule has 4 nitrogen and oxygen atoms in total. The summed E-state index contributed by atoms with van der Waals surface area (Å²) in [5.74, 6) is 1.56. The van der Waals surface area contributed by atoms with Gasteiger partial charge >= 0.3 is 0 Å². The number of benzene rings is 1. The Morgan fingerprint density at radius 2 is 1.71 bits per heavy atom. The van der Waals surface area contributed by atoms with E-state index in [2.05, 4.69) is 0 Å². The van der Waals surface area contributed by atoms with Gasteiger partial charge in [0.25, 0.3) is 0 Å². The third-order valence-corrected chi connectivity index (χ3v) is 4.35. The van der Waals surface area contributed by atoms with Gasteiger partial charge in [-0.3, -0.25) is 0 Å². The van der Waals surface area contributed by atoms with Crippen LogP contribution in [0.3, 0.4) is 0 Å². The van der Waals surface area contributed by atoms with Crippen LogP contribution in [-0.4, -0.2) is 26.4 Å². The minimum Gasteiger partial charge on any atom is -0.493 e. The highest BCUT2D eigenvalue weighted by molar-refractivity contribution is 7.16. The van der Waals surface area contributed by atoms with E-state index in [1.165, 1.54) is 11.3 Å². The van der Waals surface area contributed by atoms with E-state index in [0.717, 1.165) is 4.88 Å². The fraction of sp³-hybridized carbons (Fsp3) is 0.333. The highest BCUT2D eigenvalue weighted by Crippen LogP contribution is 2.40. The van der Waals surface area contributed by atoms with Crippen LogP contribution in [0, 0.1) is 0 Å². The largest absolute Gasteiger partial charge is 0.493 e. The zero-order valence-corrected chi connectivity index (χ0v) is 13.6. The third kappa shape index (κ3) is 3.61. The number of hydrogen-bond acceptors (Lipinski definition) is 5. The highest BCUT2D eigenvalue weighted by Gasteiger charge is 2.18. The standard InChI is InChI=1S/C15H17ClO4S/c1-18-12-6-9(7-13(19-2)15(12)20-3)11(17)8-10-4-5-14(16)21-10/h4-7,11,17H,8H2,1-3H3. The van der Waals surface area contributed by atoms with Crippen molar-refractivity contribution in [2.75, 3.05) is 21.3 Å². The lowest BCUT2D eigenvalue weighted by molar-refractivity contribution is 0.178. The van der Waals surface area contributed by atoms with Gasteiger partial charge < -0.3 is 19.3 Å². The lowest BCUT2D eigenvalue weighted by Gasteiger charge is -2.16. The first-order valence-electron chi connectivity index (χ1n) is 6.31. The summed E-state index contributed by atoms with van der Waals surface area (Å²) in [6, 6.07) is 7.24. The molecule has 0 fully saturated rings. The smallest absolute Gasteiger partial charge is 0.203 e. The van der Waals surface area contributed by atoms with Crippen LogP contribution >= 0.6 is 22.9 Å². The topological polar surface area (TPSA) is 47.9 Å². The molecular formula is C15H17ClO4S. The van der Waals surface area contributed by atoms with Crippen molar-refractivity contribution in [3.8, 4) is 17.2 Å². The van der Waals surface area contributed by atoms with E-state index in [9.17, 15) is 5.11 Å². The summed E-state index contributed by atoms with van der Waals surface area (Å²) in [7, 11) is 4.64. The Labute approximate surface area is 132 Å². The summed E-state index contributed by atoms with van der Waals surface area (Å²) in [5.41, 5.74) is 0.703. The monoisotopic (exact) mass is 328 g/mol. The molecule has 1 atom stereocenters. The maximum atomic E-state index is 10.4. The van der Waals surface area contributed by atoms with Gasteiger partial charge in [-0.1, -0.05) is 11.6 Å². The van der Waals surface area contributed by atoms with E-state index < -0.39 is 6.10 Å². The van der Waals surface area contributed by atoms with Crippen molar-refractivity contribution in [3.05, 3.63) is 39.0 Å². The molecule has 0 saturated heterocycles. The number of aliphatic hydroxyl groups excluding tert-OH is 1. The molecule has 6 heteroatoms. The molecule has 21 heavy (non-hydrogen) atoms. The van der Waals surface area contributed by atoms with Crippen LogP contribution in [0.25, 0.3) is 0 Å². The summed E-state index contributed by atoms with van der Waals surface area (Å²) in [5, 5.41) is 10.4. The Kier molecular flexibility index (Phi) is 5.33. The van der Waals surface area contributed by atoms with Gasteiger partial charge in [0.1, 0.15) is 0 Å². The van der Waals surface area contributed by atoms with Crippen LogP contribution < -0.4 is 14.2 Å². The van der Waals surface area contributed by atoms with Crippen molar-refractivity contribution in [2.45, 2.75) is 12.5 Å². The van der Waals surface area contributed by atoms with E-state index in [1.54, 1.807) is 33.5 Å². The summed E-state index contributed by atoms with van der Waals surface area (Å²) in [6.07, 6.45) is -0.191. The molecule has 1 N–H and O–H groups in total. The molecule has 0 bridgehead atoms. The highest BCUT2D eigenvalue weighted by atomic mass is 35.5. The number of ether oxygens (including phenoxy) is 3. The minimum absolute atomic E-state index is 0.482. The predicted molar refractivity (Wildman–Crippen MR) is 84.1 cm³/mol. The average Bonchev–Trinajstić information content (AvgIpc) is 2.90. The minimum atomic E-state index is -0.673. The molecule has 0 aliphatic rings. The van der Waals surface area contributed by atoms with E-state index in [0.29, 0.717) is 33.6 Å². The Bertz CT molecular complexity index is 586. The second-order valence-electron chi connectivity index (χ2n) is 4.38. The summed E-state index contributed by atoms with van der Waals surface area (Å²) in [4.78, 5) is 1.02. The van der Waals surface area contributed by atoms with Crippen LogP contribution in [0.2, 0.25) is 4.34 Å². The van der Waals surface area contributed by atoms with E-state index in [-0.39, 0.29) is 0 Å². The number of thiophene rings is 1. The first-order chi connectivity index (χ1) is 10.1. The Morgan fingerprint density at radius 1 is 1.10 bits per heavy atom. The maximum Gasteiger partial charge on any atom is 0.203 e. The zero-order chi connectivity index (χ0) is 15.4. The average molecular weight is 329 g/mol. The summed E-state index contributed by atoms with van der Waals surface area (Å²) in [6.45, 7) is 0. The molecule has 0 spiro atoms. The number of rotatable bonds is 6. The van der Waals surface area contributed by atoms with Crippen LogP contribution in [-0.2, 0) is 6.42 Å². The van der Waals surface area contributed by atoms with Crippen molar-refractivity contribution in [1.29, 1.82) is 0 Å². The van der Waals surface area contributed by atoms with Crippen LogP contribution in [0.1, 0.15) is 16.5 Å². The second kappa shape index (κ2) is 7.02. The third-order valence-electron chi connectivity index (χ3n) is 3.10. The fourth-order valence-corrected chi connectivity index (χ4v) is 3.19. The van der Waals surface area contributed by atoms with Crippen molar-refractivity contribution >= 4 is 22.9 Å². The van der Waals surface area contributed by atoms with Gasteiger partial charge in [0, 0.05) is 11.3 Å². The molecule has 1 aromatic carbocycles. The SMILES string of the molecule is COc1cc(C(O)Cc2ccc(Cl)s2)cc(OC)c1OC. The molecule has 2 rings (SSSR count). The van der Waals surface area contributed by atoms with Crippen molar-refractivity contribution in [2.24, 2.45) is 0 Å². The van der Waals surface area contributed by atoms with Gasteiger partial charge in [-0.25, -0.2) is 0 Å². The summed E-state index contributed by atoms with van der Waals surface area (Å²) >= 11 is 7.36. The molecule has 0 aliphatic carbocycles. The molecule has 1 heterocycles. The van der Waals surface area contributed by atoms with Crippen LogP contribution in [0.4, 0.5) is 0 Å². The molecule has 1 unspecified atom stereocenters. The van der Waals surface area contributed by atoms with E-state index in [1.807, 2.05) is 12.1 Å². The molecular weight excluding hydrogens is 312 g/mol. The zero-order valence-electron chi connectivity index (χ0n) is 12.1. The van der Waals surface area contributed by atoms with Crippen molar-refractivity contribution < 1.29 is 19.3 Å². The Morgan fingerprint density at radius 3 is 2.14 bits per heavy atom. The van der Waals surface area contributed by atoms with Gasteiger partial charge in [-0.2, -0.15) is 0 Å². The lowest BCUT2D eigenvalue weighted by Crippen LogP contribution is -2.03. The van der Waals surface area contributed by atoms with E-state index in [4.69, 9.17) is 25.8 Å². The van der Waals surface area contributed by atoms with Gasteiger partial charge in [-0.05, 0) is 29.8 Å². The van der Waals surface area contributed by atoms with Crippen molar-refractivity contribution in [1.82, 2.24) is 0 Å². The molecule has 0 aliphatic heterocycles. The van der Waals surface area contributed by atoms with Gasteiger partial charge in [-0.15, -0.1) is 11.3 Å². The molecule has 0 amide bonds. The Hall–Kier alpha value is -1.43.